The summed E-state index contributed by atoms with van der Waals surface area (Å²) in [7, 11) is 0. The first-order valence-electron chi connectivity index (χ1n) is 7.62. The Labute approximate surface area is 136 Å². The van der Waals surface area contributed by atoms with Crippen LogP contribution in [-0.4, -0.2) is 19.8 Å². The molecule has 1 aliphatic rings. The molecular formula is C19H20ClNO. The highest BCUT2D eigenvalue weighted by Crippen LogP contribution is 2.24. The van der Waals surface area contributed by atoms with E-state index in [1.54, 1.807) is 0 Å². The Kier molecular flexibility index (Phi) is 5.28. The molecule has 0 bridgehead atoms. The Bertz CT molecular complexity index is 622. The lowest BCUT2D eigenvalue weighted by atomic mass is 9.98. The quantitative estimate of drug-likeness (QED) is 0.828. The lowest BCUT2D eigenvalue weighted by molar-refractivity contribution is 0.148. The zero-order valence-electron chi connectivity index (χ0n) is 12.5. The summed E-state index contributed by atoms with van der Waals surface area (Å²) < 4.78 is 5.52. The van der Waals surface area contributed by atoms with Gasteiger partial charge in [0.15, 0.2) is 0 Å². The average Bonchev–Trinajstić information content (AvgIpc) is 2.58. The minimum atomic E-state index is 0.154. The third-order valence-corrected chi connectivity index (χ3v) is 4.10. The maximum Gasteiger partial charge on any atom is 0.0689 e. The van der Waals surface area contributed by atoms with Gasteiger partial charge in [0.25, 0.3) is 0 Å². The molecule has 1 N–H and O–H groups in total. The molecule has 2 nitrogen and oxygen atoms in total. The fraction of sp³-hybridized carbons (Fsp3) is 0.263. The molecule has 0 radical (unpaired) electrons. The largest absolute Gasteiger partial charge is 0.377 e. The van der Waals surface area contributed by atoms with Crippen LogP contribution in [0.4, 0.5) is 0 Å². The van der Waals surface area contributed by atoms with E-state index in [-0.39, 0.29) is 6.04 Å². The molecule has 0 unspecified atom stereocenters. The fourth-order valence-corrected chi connectivity index (χ4v) is 2.82. The van der Waals surface area contributed by atoms with Gasteiger partial charge in [-0.15, -0.1) is 0 Å². The van der Waals surface area contributed by atoms with Crippen LogP contribution in [0, 0.1) is 0 Å². The number of rotatable bonds is 5. The molecule has 0 aliphatic carbocycles. The molecule has 114 valence electrons. The standard InChI is InChI=1S/C19H20ClNO/c20-18-10-8-17(9-11-18)19(16-6-2-1-3-7-16)21-13-15-5-4-12-22-14-15/h1-3,5-11,19,21H,4,12-14H2/t19-/m0/s1. The molecule has 0 spiro atoms. The monoisotopic (exact) mass is 313 g/mol. The van der Waals surface area contributed by atoms with Crippen LogP contribution in [-0.2, 0) is 4.74 Å². The highest BCUT2D eigenvalue weighted by molar-refractivity contribution is 6.30. The van der Waals surface area contributed by atoms with Gasteiger partial charge in [0.2, 0.25) is 0 Å². The van der Waals surface area contributed by atoms with E-state index in [0.29, 0.717) is 0 Å². The topological polar surface area (TPSA) is 21.3 Å². The second-order valence-corrected chi connectivity index (χ2v) is 5.92. The SMILES string of the molecule is Clc1ccc([C@@H](NCC2=CCCOC2)c2ccccc2)cc1. The van der Waals surface area contributed by atoms with Gasteiger partial charge in [-0.3, -0.25) is 0 Å². The van der Waals surface area contributed by atoms with Gasteiger partial charge < -0.3 is 10.1 Å². The molecule has 0 saturated heterocycles. The molecule has 1 heterocycles. The first-order chi connectivity index (χ1) is 10.8. The molecular weight excluding hydrogens is 294 g/mol. The number of hydrogen-bond donors (Lipinski definition) is 1. The van der Waals surface area contributed by atoms with Crippen molar-refractivity contribution in [3.63, 3.8) is 0 Å². The van der Waals surface area contributed by atoms with E-state index in [9.17, 15) is 0 Å². The minimum absolute atomic E-state index is 0.154. The van der Waals surface area contributed by atoms with Crippen LogP contribution in [0.1, 0.15) is 23.6 Å². The third-order valence-electron chi connectivity index (χ3n) is 3.85. The first-order valence-corrected chi connectivity index (χ1v) is 8.00. The summed E-state index contributed by atoms with van der Waals surface area (Å²) in [5, 5.41) is 4.41. The van der Waals surface area contributed by atoms with Gasteiger partial charge in [-0.25, -0.2) is 0 Å². The van der Waals surface area contributed by atoms with Gasteiger partial charge in [0, 0.05) is 11.6 Å². The highest BCUT2D eigenvalue weighted by Gasteiger charge is 2.14. The smallest absolute Gasteiger partial charge is 0.0689 e. The molecule has 3 rings (SSSR count). The first kappa shape index (κ1) is 15.3. The summed E-state index contributed by atoms with van der Waals surface area (Å²) in [5.74, 6) is 0. The molecule has 0 aromatic heterocycles. The van der Waals surface area contributed by atoms with Crippen LogP contribution in [0.2, 0.25) is 5.02 Å². The van der Waals surface area contributed by atoms with E-state index >= 15 is 0 Å². The lowest BCUT2D eigenvalue weighted by Crippen LogP contribution is -2.26. The van der Waals surface area contributed by atoms with Crippen molar-refractivity contribution in [2.24, 2.45) is 0 Å². The second-order valence-electron chi connectivity index (χ2n) is 5.48. The van der Waals surface area contributed by atoms with E-state index < -0.39 is 0 Å². The van der Waals surface area contributed by atoms with E-state index in [1.807, 2.05) is 18.2 Å². The highest BCUT2D eigenvalue weighted by atomic mass is 35.5. The molecule has 0 saturated carbocycles. The number of benzene rings is 2. The van der Waals surface area contributed by atoms with E-state index in [0.717, 1.165) is 31.2 Å². The van der Waals surface area contributed by atoms with Crippen molar-refractivity contribution in [2.45, 2.75) is 12.5 Å². The van der Waals surface area contributed by atoms with Crippen molar-refractivity contribution >= 4 is 11.6 Å². The van der Waals surface area contributed by atoms with Crippen molar-refractivity contribution < 1.29 is 4.74 Å². The van der Waals surface area contributed by atoms with Crippen LogP contribution in [0.25, 0.3) is 0 Å². The summed E-state index contributed by atoms with van der Waals surface area (Å²) in [6.07, 6.45) is 3.29. The van der Waals surface area contributed by atoms with E-state index in [4.69, 9.17) is 16.3 Å². The van der Waals surface area contributed by atoms with Gasteiger partial charge in [-0.05, 0) is 35.3 Å². The van der Waals surface area contributed by atoms with Crippen LogP contribution >= 0.6 is 11.6 Å². The molecule has 0 fully saturated rings. The third kappa shape index (κ3) is 3.98. The minimum Gasteiger partial charge on any atom is -0.377 e. The summed E-state index contributed by atoms with van der Waals surface area (Å²) >= 11 is 6.02. The van der Waals surface area contributed by atoms with Crippen molar-refractivity contribution in [2.75, 3.05) is 19.8 Å². The van der Waals surface area contributed by atoms with Crippen molar-refractivity contribution in [1.82, 2.24) is 5.32 Å². The normalized spacial score (nSPS) is 16.1. The average molecular weight is 314 g/mol. The summed E-state index contributed by atoms with van der Waals surface area (Å²) in [6, 6.07) is 18.7. The van der Waals surface area contributed by atoms with E-state index in [1.165, 1.54) is 16.7 Å². The molecule has 1 aliphatic heterocycles. The Morgan fingerprint density at radius 3 is 2.41 bits per heavy atom. The summed E-state index contributed by atoms with van der Waals surface area (Å²) in [5.41, 5.74) is 3.79. The Hall–Kier alpha value is -1.61. The summed E-state index contributed by atoms with van der Waals surface area (Å²) in [6.45, 7) is 2.40. The van der Waals surface area contributed by atoms with Gasteiger partial charge in [-0.2, -0.15) is 0 Å². The van der Waals surface area contributed by atoms with Crippen molar-refractivity contribution in [3.05, 3.63) is 82.4 Å². The van der Waals surface area contributed by atoms with Crippen LogP contribution in [0.15, 0.2) is 66.2 Å². The van der Waals surface area contributed by atoms with Gasteiger partial charge >= 0.3 is 0 Å². The maximum atomic E-state index is 6.02. The predicted octanol–water partition coefficient (Wildman–Crippen LogP) is 4.37. The van der Waals surface area contributed by atoms with Gasteiger partial charge in [0.05, 0.1) is 19.3 Å². The number of halogens is 1. The Balaban J connectivity index is 1.80. The molecule has 22 heavy (non-hydrogen) atoms. The van der Waals surface area contributed by atoms with Crippen LogP contribution in [0.5, 0.6) is 0 Å². The Morgan fingerprint density at radius 1 is 1.00 bits per heavy atom. The van der Waals surface area contributed by atoms with Crippen LogP contribution in [0.3, 0.4) is 0 Å². The molecule has 2 aromatic rings. The van der Waals surface area contributed by atoms with Crippen molar-refractivity contribution in [1.29, 1.82) is 0 Å². The zero-order valence-corrected chi connectivity index (χ0v) is 13.2. The molecule has 3 heteroatoms. The summed E-state index contributed by atoms with van der Waals surface area (Å²) in [4.78, 5) is 0. The number of hydrogen-bond acceptors (Lipinski definition) is 2. The Morgan fingerprint density at radius 2 is 1.73 bits per heavy atom. The fourth-order valence-electron chi connectivity index (χ4n) is 2.69. The predicted molar refractivity (Wildman–Crippen MR) is 91.3 cm³/mol. The van der Waals surface area contributed by atoms with Gasteiger partial charge in [-0.1, -0.05) is 60.1 Å². The zero-order chi connectivity index (χ0) is 15.2. The molecule has 2 aromatic carbocycles. The number of nitrogens with one attached hydrogen (secondary N) is 1. The maximum absolute atomic E-state index is 6.02. The molecule has 1 atom stereocenters. The van der Waals surface area contributed by atoms with Crippen molar-refractivity contribution in [3.8, 4) is 0 Å². The van der Waals surface area contributed by atoms with E-state index in [2.05, 4.69) is 47.8 Å². The van der Waals surface area contributed by atoms with Crippen LogP contribution < -0.4 is 5.32 Å². The molecule has 0 amide bonds. The lowest BCUT2D eigenvalue weighted by Gasteiger charge is -2.22. The second kappa shape index (κ2) is 7.59. The number of ether oxygens (including phenoxy) is 1. The van der Waals surface area contributed by atoms with Gasteiger partial charge in [0.1, 0.15) is 0 Å².